The summed E-state index contributed by atoms with van der Waals surface area (Å²) in [5.41, 5.74) is 1.96. The zero-order valence-electron chi connectivity index (χ0n) is 18.3. The van der Waals surface area contributed by atoms with Crippen LogP contribution in [0.25, 0.3) is 0 Å². The molecule has 1 fully saturated rings. The maximum absolute atomic E-state index is 12.0. The molecular formula is C25H34N4O2. The summed E-state index contributed by atoms with van der Waals surface area (Å²) in [5.74, 6) is -0.0314. The number of hydrogen-bond donors (Lipinski definition) is 2. The Morgan fingerprint density at radius 2 is 1.39 bits per heavy atom. The van der Waals surface area contributed by atoms with E-state index in [1.807, 2.05) is 18.2 Å². The lowest BCUT2D eigenvalue weighted by Crippen LogP contribution is -2.46. The van der Waals surface area contributed by atoms with Crippen LogP contribution in [0, 0.1) is 0 Å². The third-order valence-electron chi connectivity index (χ3n) is 5.62. The Bertz CT molecular complexity index is 790. The largest absolute Gasteiger partial charge is 0.369 e. The number of amides is 2. The second-order valence-electron chi connectivity index (χ2n) is 7.95. The van der Waals surface area contributed by atoms with Gasteiger partial charge in [-0.2, -0.15) is 0 Å². The van der Waals surface area contributed by atoms with Crippen molar-refractivity contribution in [1.29, 1.82) is 0 Å². The van der Waals surface area contributed by atoms with Gasteiger partial charge in [-0.05, 0) is 50.1 Å². The van der Waals surface area contributed by atoms with Crippen molar-refractivity contribution in [2.45, 2.75) is 25.7 Å². The van der Waals surface area contributed by atoms with Crippen LogP contribution in [0.5, 0.6) is 0 Å². The molecule has 0 unspecified atom stereocenters. The summed E-state index contributed by atoms with van der Waals surface area (Å²) in [6, 6.07) is 19.7. The van der Waals surface area contributed by atoms with E-state index in [-0.39, 0.29) is 11.8 Å². The number of unbranched alkanes of at least 4 members (excludes halogenated alkanes) is 1. The number of carbonyl (C=O) groups is 2. The summed E-state index contributed by atoms with van der Waals surface area (Å²) in [7, 11) is 0. The van der Waals surface area contributed by atoms with Crippen molar-refractivity contribution in [3.05, 3.63) is 66.2 Å². The quantitative estimate of drug-likeness (QED) is 0.547. The van der Waals surface area contributed by atoms with Crippen LogP contribution in [0.3, 0.4) is 0 Å². The lowest BCUT2D eigenvalue weighted by molar-refractivity contribution is -0.121. The Balaban J connectivity index is 1.17. The van der Waals surface area contributed by atoms with Crippen molar-refractivity contribution < 1.29 is 9.59 Å². The Labute approximate surface area is 185 Å². The number of nitrogens with zero attached hydrogens (tertiary/aromatic N) is 2. The number of nitrogens with one attached hydrogen (secondary N) is 2. The molecule has 0 aromatic heterocycles. The second-order valence-corrected chi connectivity index (χ2v) is 7.95. The highest BCUT2D eigenvalue weighted by atomic mass is 16.2. The van der Waals surface area contributed by atoms with Gasteiger partial charge in [0.2, 0.25) is 5.91 Å². The molecule has 6 heteroatoms. The standard InChI is InChI=1S/C25H34N4O2/c30-24(14-9-16-27-25(31)22-10-3-1-4-11-22)26-15-7-8-17-28-18-20-29(21-19-28)23-12-5-2-6-13-23/h1-6,10-13H,7-9,14-21H2,(H,26,30)(H,27,31). The van der Waals surface area contributed by atoms with Gasteiger partial charge in [0.1, 0.15) is 0 Å². The Kier molecular flexibility index (Phi) is 9.38. The maximum Gasteiger partial charge on any atom is 0.251 e. The highest BCUT2D eigenvalue weighted by molar-refractivity contribution is 5.94. The number of benzene rings is 2. The smallest absolute Gasteiger partial charge is 0.251 e. The van der Waals surface area contributed by atoms with Crippen LogP contribution >= 0.6 is 0 Å². The molecule has 2 amide bonds. The Morgan fingerprint density at radius 3 is 2.10 bits per heavy atom. The molecule has 0 spiro atoms. The predicted octanol–water partition coefficient (Wildman–Crippen LogP) is 2.92. The Hall–Kier alpha value is -2.86. The van der Waals surface area contributed by atoms with Gasteiger partial charge in [0.05, 0.1) is 0 Å². The van der Waals surface area contributed by atoms with Gasteiger partial charge >= 0.3 is 0 Å². The lowest BCUT2D eigenvalue weighted by atomic mass is 10.2. The molecule has 6 nitrogen and oxygen atoms in total. The third kappa shape index (κ3) is 8.06. The molecule has 0 saturated carbocycles. The summed E-state index contributed by atoms with van der Waals surface area (Å²) in [6.45, 7) is 6.65. The molecule has 31 heavy (non-hydrogen) atoms. The second kappa shape index (κ2) is 12.7. The van der Waals surface area contributed by atoms with E-state index in [4.69, 9.17) is 0 Å². The van der Waals surface area contributed by atoms with Gasteiger partial charge in [-0.15, -0.1) is 0 Å². The first-order valence-corrected chi connectivity index (χ1v) is 11.3. The first kappa shape index (κ1) is 22.8. The zero-order valence-corrected chi connectivity index (χ0v) is 18.3. The van der Waals surface area contributed by atoms with Gasteiger partial charge in [0.25, 0.3) is 5.91 Å². The fraction of sp³-hybridized carbons (Fsp3) is 0.440. The SMILES string of the molecule is O=C(CCCNC(=O)c1ccccc1)NCCCCN1CCN(c2ccccc2)CC1. The van der Waals surface area contributed by atoms with Crippen molar-refractivity contribution in [2.24, 2.45) is 0 Å². The van der Waals surface area contributed by atoms with Gasteiger partial charge in [-0.25, -0.2) is 0 Å². The van der Waals surface area contributed by atoms with E-state index in [1.165, 1.54) is 5.69 Å². The molecule has 0 atom stereocenters. The molecule has 3 rings (SSSR count). The maximum atomic E-state index is 12.0. The molecule has 2 aromatic rings. The molecule has 2 aromatic carbocycles. The average molecular weight is 423 g/mol. The van der Waals surface area contributed by atoms with Crippen molar-refractivity contribution in [3.8, 4) is 0 Å². The number of piperazine rings is 1. The first-order valence-electron chi connectivity index (χ1n) is 11.3. The van der Waals surface area contributed by atoms with E-state index in [9.17, 15) is 9.59 Å². The minimum absolute atomic E-state index is 0.0606. The van der Waals surface area contributed by atoms with Crippen molar-refractivity contribution >= 4 is 17.5 Å². The molecule has 2 N–H and O–H groups in total. The average Bonchev–Trinajstić information content (AvgIpc) is 2.83. The van der Waals surface area contributed by atoms with E-state index in [0.717, 1.165) is 52.1 Å². The molecule has 1 aliphatic heterocycles. The highest BCUT2D eigenvalue weighted by Crippen LogP contribution is 2.15. The Morgan fingerprint density at radius 1 is 0.742 bits per heavy atom. The molecule has 1 heterocycles. The van der Waals surface area contributed by atoms with Crippen LogP contribution in [0.2, 0.25) is 0 Å². The molecule has 0 aliphatic carbocycles. The van der Waals surface area contributed by atoms with E-state index < -0.39 is 0 Å². The van der Waals surface area contributed by atoms with E-state index in [0.29, 0.717) is 24.9 Å². The van der Waals surface area contributed by atoms with Crippen LogP contribution in [-0.4, -0.2) is 62.5 Å². The van der Waals surface area contributed by atoms with E-state index in [1.54, 1.807) is 12.1 Å². The van der Waals surface area contributed by atoms with Crippen LogP contribution in [0.4, 0.5) is 5.69 Å². The molecule has 0 bridgehead atoms. The summed E-state index contributed by atoms with van der Waals surface area (Å²) >= 11 is 0. The van der Waals surface area contributed by atoms with Gasteiger partial charge < -0.3 is 15.5 Å². The van der Waals surface area contributed by atoms with Crippen LogP contribution in [-0.2, 0) is 4.79 Å². The van der Waals surface area contributed by atoms with Gasteiger partial charge in [0.15, 0.2) is 0 Å². The van der Waals surface area contributed by atoms with Crippen molar-refractivity contribution in [1.82, 2.24) is 15.5 Å². The van der Waals surface area contributed by atoms with Crippen LogP contribution < -0.4 is 15.5 Å². The van der Waals surface area contributed by atoms with Crippen molar-refractivity contribution in [3.63, 3.8) is 0 Å². The summed E-state index contributed by atoms with van der Waals surface area (Å²) < 4.78 is 0. The monoisotopic (exact) mass is 422 g/mol. The van der Waals surface area contributed by atoms with Crippen LogP contribution in [0.1, 0.15) is 36.0 Å². The molecule has 1 aliphatic rings. The zero-order chi connectivity index (χ0) is 21.7. The molecular weight excluding hydrogens is 388 g/mol. The summed E-state index contributed by atoms with van der Waals surface area (Å²) in [5, 5.41) is 5.84. The number of carbonyl (C=O) groups excluding carboxylic acids is 2. The normalized spacial score (nSPS) is 14.3. The van der Waals surface area contributed by atoms with Crippen molar-refractivity contribution in [2.75, 3.05) is 50.7 Å². The topological polar surface area (TPSA) is 64.7 Å². The molecule has 166 valence electrons. The number of anilines is 1. The minimum atomic E-state index is -0.0920. The molecule has 0 radical (unpaired) electrons. The number of rotatable bonds is 11. The van der Waals surface area contributed by atoms with Gasteiger partial charge in [-0.1, -0.05) is 36.4 Å². The fourth-order valence-corrected chi connectivity index (χ4v) is 3.79. The summed E-state index contributed by atoms with van der Waals surface area (Å²) in [6.07, 6.45) is 3.18. The first-order chi connectivity index (χ1) is 15.2. The fourth-order valence-electron chi connectivity index (χ4n) is 3.79. The van der Waals surface area contributed by atoms with E-state index in [2.05, 4.69) is 50.8 Å². The molecule has 1 saturated heterocycles. The van der Waals surface area contributed by atoms with Gasteiger partial charge in [-0.3, -0.25) is 14.5 Å². The summed E-state index contributed by atoms with van der Waals surface area (Å²) in [4.78, 5) is 28.8. The predicted molar refractivity (Wildman–Crippen MR) is 125 cm³/mol. The minimum Gasteiger partial charge on any atom is -0.369 e. The highest BCUT2D eigenvalue weighted by Gasteiger charge is 2.16. The van der Waals surface area contributed by atoms with Crippen LogP contribution in [0.15, 0.2) is 60.7 Å². The van der Waals surface area contributed by atoms with Gasteiger partial charge in [0, 0.05) is 56.9 Å². The number of para-hydroxylation sites is 1. The lowest BCUT2D eigenvalue weighted by Gasteiger charge is -2.36. The van der Waals surface area contributed by atoms with E-state index >= 15 is 0 Å². The third-order valence-corrected chi connectivity index (χ3v) is 5.62. The number of hydrogen-bond acceptors (Lipinski definition) is 4.